The summed E-state index contributed by atoms with van der Waals surface area (Å²) < 4.78 is 68.4. The normalized spacial score (nSPS) is 14.0. The molecule has 0 aromatic heterocycles. The number of aliphatic hydroxyl groups is 1. The first-order valence-corrected chi connectivity index (χ1v) is 42.1. The lowest BCUT2D eigenvalue weighted by Crippen LogP contribution is -2.30. The zero-order valence-electron chi connectivity index (χ0n) is 61.1. The van der Waals surface area contributed by atoms with Gasteiger partial charge >= 0.3 is 39.5 Å². The van der Waals surface area contributed by atoms with Gasteiger partial charge in [-0.3, -0.25) is 37.3 Å². The number of unbranched alkanes of at least 4 members (excludes halogenated alkanes) is 47. The van der Waals surface area contributed by atoms with E-state index in [2.05, 4.69) is 34.6 Å². The van der Waals surface area contributed by atoms with Gasteiger partial charge in [0.25, 0.3) is 0 Å². The van der Waals surface area contributed by atoms with Crippen molar-refractivity contribution in [3.05, 3.63) is 0 Å². The maximum absolute atomic E-state index is 13.1. The predicted octanol–water partition coefficient (Wildman–Crippen LogP) is 22.1. The quantitative estimate of drug-likeness (QED) is 0.0222. The van der Waals surface area contributed by atoms with Crippen molar-refractivity contribution in [2.24, 2.45) is 5.92 Å². The molecule has 0 aliphatic carbocycles. The summed E-state index contributed by atoms with van der Waals surface area (Å²) in [6, 6.07) is 0. The van der Waals surface area contributed by atoms with Gasteiger partial charge in [-0.2, -0.15) is 0 Å². The Morgan fingerprint density at radius 1 is 0.287 bits per heavy atom. The summed E-state index contributed by atoms with van der Waals surface area (Å²) in [5.74, 6) is -1.42. The molecule has 0 heterocycles. The highest BCUT2D eigenvalue weighted by Crippen LogP contribution is 2.45. The van der Waals surface area contributed by atoms with Crippen LogP contribution in [0, 0.1) is 5.92 Å². The molecular formula is C75H146O17P2. The molecule has 3 N–H and O–H groups in total. The third-order valence-corrected chi connectivity index (χ3v) is 19.4. The third-order valence-electron chi connectivity index (χ3n) is 17.5. The van der Waals surface area contributed by atoms with E-state index in [-0.39, 0.29) is 25.7 Å². The second-order valence-corrected chi connectivity index (χ2v) is 30.4. The van der Waals surface area contributed by atoms with Gasteiger partial charge in [0.2, 0.25) is 0 Å². The molecule has 0 radical (unpaired) electrons. The minimum atomic E-state index is -4.96. The number of rotatable bonds is 75. The molecule has 19 heteroatoms. The van der Waals surface area contributed by atoms with E-state index in [9.17, 15) is 43.2 Å². The standard InChI is InChI=1S/C75H146O17P2/c1-6-9-12-15-18-21-24-26-28-30-31-33-35-37-40-45-50-55-60-74(79)91-70(64-86-73(78)59-54-49-44-39-36-34-32-29-27-25-22-19-16-13-10-7-2)66-89-93(81,82)87-62-69(76)63-88-94(83,84)90-67-71(92-75(80)61-56-51-46-41-42-47-52-57-68(4)5)65-85-72(77)58-53-48-43-38-23-20-17-14-11-8-3/h68-71,76H,6-67H2,1-5H3,(H,81,82)(H,83,84)/t69-,70-,71-/m1/s1. The number of carbonyl (C=O) groups is 4. The molecule has 0 spiro atoms. The second kappa shape index (κ2) is 68.2. The predicted molar refractivity (Wildman–Crippen MR) is 382 cm³/mol. The van der Waals surface area contributed by atoms with Crippen LogP contribution in [0.5, 0.6) is 0 Å². The fraction of sp³-hybridized carbons (Fsp3) is 0.947. The number of phosphoric ester groups is 2. The maximum Gasteiger partial charge on any atom is 0.472 e. The van der Waals surface area contributed by atoms with Gasteiger partial charge in [0, 0.05) is 25.7 Å². The lowest BCUT2D eigenvalue weighted by Gasteiger charge is -2.21. The minimum Gasteiger partial charge on any atom is -0.462 e. The molecule has 0 fully saturated rings. The Morgan fingerprint density at radius 2 is 0.489 bits per heavy atom. The molecule has 94 heavy (non-hydrogen) atoms. The molecule has 0 rings (SSSR count). The van der Waals surface area contributed by atoms with E-state index in [1.54, 1.807) is 0 Å². The molecule has 0 bridgehead atoms. The summed E-state index contributed by atoms with van der Waals surface area (Å²) in [6.07, 6.45) is 57.0. The highest BCUT2D eigenvalue weighted by atomic mass is 31.2. The maximum atomic E-state index is 13.1. The third kappa shape index (κ3) is 68.6. The number of ether oxygens (including phenoxy) is 4. The van der Waals surface area contributed by atoms with E-state index in [0.717, 1.165) is 89.9 Å². The summed E-state index contributed by atoms with van der Waals surface area (Å²) in [6.45, 7) is 7.22. The molecule has 558 valence electrons. The van der Waals surface area contributed by atoms with Crippen molar-refractivity contribution in [1.82, 2.24) is 0 Å². The number of carbonyl (C=O) groups excluding carboxylic acids is 4. The monoisotopic (exact) mass is 1380 g/mol. The fourth-order valence-electron chi connectivity index (χ4n) is 11.5. The Balaban J connectivity index is 5.21. The molecule has 0 aromatic rings. The van der Waals surface area contributed by atoms with Crippen LogP contribution in [-0.2, 0) is 65.4 Å². The summed E-state index contributed by atoms with van der Waals surface area (Å²) in [5.41, 5.74) is 0. The van der Waals surface area contributed by atoms with Crippen molar-refractivity contribution in [3.63, 3.8) is 0 Å². The van der Waals surface area contributed by atoms with Crippen molar-refractivity contribution < 1.29 is 80.2 Å². The lowest BCUT2D eigenvalue weighted by atomic mass is 10.0. The molecule has 0 aliphatic heterocycles. The Bertz CT molecular complexity index is 1810. The fourth-order valence-corrected chi connectivity index (χ4v) is 13.1. The number of aliphatic hydroxyl groups excluding tert-OH is 1. The number of phosphoric acid groups is 2. The van der Waals surface area contributed by atoms with E-state index >= 15 is 0 Å². The van der Waals surface area contributed by atoms with Gasteiger partial charge in [0.15, 0.2) is 12.2 Å². The minimum absolute atomic E-state index is 0.104. The largest absolute Gasteiger partial charge is 0.472 e. The first kappa shape index (κ1) is 92.1. The first-order chi connectivity index (χ1) is 45.5. The molecule has 0 saturated carbocycles. The van der Waals surface area contributed by atoms with Crippen LogP contribution in [0.4, 0.5) is 0 Å². The Hall–Kier alpha value is -1.94. The highest BCUT2D eigenvalue weighted by Gasteiger charge is 2.30. The second-order valence-electron chi connectivity index (χ2n) is 27.5. The average Bonchev–Trinajstić information content (AvgIpc) is 1.67. The summed E-state index contributed by atoms with van der Waals surface area (Å²) in [4.78, 5) is 72.7. The molecule has 0 saturated heterocycles. The van der Waals surface area contributed by atoms with Gasteiger partial charge in [-0.1, -0.05) is 343 Å². The van der Waals surface area contributed by atoms with E-state index in [4.69, 9.17) is 37.0 Å². The Kier molecular flexibility index (Phi) is 66.8. The molecule has 0 aromatic carbocycles. The lowest BCUT2D eigenvalue weighted by molar-refractivity contribution is -0.161. The average molecular weight is 1380 g/mol. The Labute approximate surface area is 575 Å². The number of hydrogen-bond acceptors (Lipinski definition) is 15. The van der Waals surface area contributed by atoms with Crippen LogP contribution in [0.25, 0.3) is 0 Å². The first-order valence-electron chi connectivity index (χ1n) is 39.1. The summed E-state index contributed by atoms with van der Waals surface area (Å²) in [7, 11) is -9.91. The number of esters is 4. The molecular weight excluding hydrogens is 1230 g/mol. The van der Waals surface area contributed by atoms with Crippen molar-refractivity contribution in [1.29, 1.82) is 0 Å². The molecule has 17 nitrogen and oxygen atoms in total. The van der Waals surface area contributed by atoms with Crippen LogP contribution >= 0.6 is 15.6 Å². The zero-order chi connectivity index (χ0) is 69.1. The van der Waals surface area contributed by atoms with Gasteiger partial charge in [-0.05, 0) is 31.6 Å². The van der Waals surface area contributed by atoms with Crippen molar-refractivity contribution >= 4 is 39.5 Å². The topological polar surface area (TPSA) is 237 Å². The molecule has 0 amide bonds. The van der Waals surface area contributed by atoms with Gasteiger partial charge in [0.05, 0.1) is 26.4 Å². The van der Waals surface area contributed by atoms with Crippen molar-refractivity contribution in [2.45, 2.75) is 412 Å². The molecule has 2 unspecified atom stereocenters. The zero-order valence-corrected chi connectivity index (χ0v) is 62.9. The highest BCUT2D eigenvalue weighted by molar-refractivity contribution is 7.47. The van der Waals surface area contributed by atoms with Crippen LogP contribution < -0.4 is 0 Å². The van der Waals surface area contributed by atoms with E-state index < -0.39 is 97.5 Å². The van der Waals surface area contributed by atoms with Crippen LogP contribution in [0.1, 0.15) is 394 Å². The number of hydrogen-bond donors (Lipinski definition) is 3. The van der Waals surface area contributed by atoms with Crippen LogP contribution in [0.3, 0.4) is 0 Å². The molecule has 5 atom stereocenters. The summed E-state index contributed by atoms with van der Waals surface area (Å²) >= 11 is 0. The van der Waals surface area contributed by atoms with E-state index in [0.29, 0.717) is 31.6 Å². The Morgan fingerprint density at radius 3 is 0.723 bits per heavy atom. The van der Waals surface area contributed by atoms with Gasteiger partial charge in [0.1, 0.15) is 19.3 Å². The molecule has 0 aliphatic rings. The van der Waals surface area contributed by atoms with E-state index in [1.807, 2.05) is 0 Å². The van der Waals surface area contributed by atoms with Gasteiger partial charge in [-0.25, -0.2) is 9.13 Å². The van der Waals surface area contributed by atoms with Crippen molar-refractivity contribution in [3.8, 4) is 0 Å². The van der Waals surface area contributed by atoms with Gasteiger partial charge < -0.3 is 33.8 Å². The van der Waals surface area contributed by atoms with Crippen LogP contribution in [0.15, 0.2) is 0 Å². The smallest absolute Gasteiger partial charge is 0.462 e. The van der Waals surface area contributed by atoms with E-state index in [1.165, 1.54) is 218 Å². The van der Waals surface area contributed by atoms with Gasteiger partial charge in [-0.15, -0.1) is 0 Å². The van der Waals surface area contributed by atoms with Crippen molar-refractivity contribution in [2.75, 3.05) is 39.6 Å². The summed E-state index contributed by atoms with van der Waals surface area (Å²) in [5, 5.41) is 10.6. The van der Waals surface area contributed by atoms with Crippen LogP contribution in [0.2, 0.25) is 0 Å². The van der Waals surface area contributed by atoms with Crippen LogP contribution in [-0.4, -0.2) is 96.7 Å². The SMILES string of the molecule is CCCCCCCCCCCCCCCCCCCCC(=O)O[C@H](COC(=O)CCCCCCCCCCCCCCCCCC)COP(=O)(O)OC[C@@H](O)COP(=O)(O)OC[C@@H](COC(=O)CCCCCCCCCCCC)OC(=O)CCCCCCCCCC(C)C.